The van der Waals surface area contributed by atoms with Crippen LogP contribution in [0.4, 0.5) is 5.69 Å². The first-order chi connectivity index (χ1) is 8.04. The van der Waals surface area contributed by atoms with E-state index in [0.717, 1.165) is 5.56 Å². The molecule has 4 N–H and O–H groups in total. The molecular formula is C13H20N2O2. The lowest BCUT2D eigenvalue weighted by molar-refractivity contribution is 0.0942. The van der Waals surface area contributed by atoms with Gasteiger partial charge in [0.2, 0.25) is 0 Å². The second-order valence-corrected chi connectivity index (χ2v) is 4.18. The zero-order valence-corrected chi connectivity index (χ0v) is 10.4. The largest absolute Gasteiger partial charge is 0.399 e. The SMILES string of the molecule is CCC(O)CCNC(=O)c1ccc(N)c(C)c1. The van der Waals surface area contributed by atoms with E-state index in [1.807, 2.05) is 13.8 Å². The fraction of sp³-hybridized carbons (Fsp3) is 0.462. The predicted molar refractivity (Wildman–Crippen MR) is 68.8 cm³/mol. The number of amides is 1. The van der Waals surface area contributed by atoms with Crippen LogP contribution in [0.3, 0.4) is 0 Å². The van der Waals surface area contributed by atoms with Crippen molar-refractivity contribution in [2.24, 2.45) is 0 Å². The zero-order valence-electron chi connectivity index (χ0n) is 10.4. The molecule has 4 nitrogen and oxygen atoms in total. The molecule has 1 unspecified atom stereocenters. The molecule has 1 atom stereocenters. The van der Waals surface area contributed by atoms with E-state index in [2.05, 4.69) is 5.32 Å². The van der Waals surface area contributed by atoms with Gasteiger partial charge in [0.15, 0.2) is 0 Å². The highest BCUT2D eigenvalue weighted by Gasteiger charge is 2.07. The number of nitrogen functional groups attached to an aromatic ring is 1. The number of rotatable bonds is 5. The number of hydrogen-bond donors (Lipinski definition) is 3. The average molecular weight is 236 g/mol. The first-order valence-corrected chi connectivity index (χ1v) is 5.87. The number of benzene rings is 1. The smallest absolute Gasteiger partial charge is 0.251 e. The van der Waals surface area contributed by atoms with E-state index in [1.54, 1.807) is 18.2 Å². The quantitative estimate of drug-likeness (QED) is 0.678. The number of carbonyl (C=O) groups excluding carboxylic acids is 1. The molecule has 0 aromatic heterocycles. The van der Waals surface area contributed by atoms with Gasteiger partial charge in [-0.05, 0) is 43.5 Å². The van der Waals surface area contributed by atoms with Crippen molar-refractivity contribution in [3.05, 3.63) is 29.3 Å². The third-order valence-electron chi connectivity index (χ3n) is 2.77. The molecule has 1 aromatic carbocycles. The Balaban J connectivity index is 2.50. The van der Waals surface area contributed by atoms with Crippen LogP contribution >= 0.6 is 0 Å². The standard InChI is InChI=1S/C13H20N2O2/c1-3-11(16)6-7-15-13(17)10-4-5-12(14)9(2)8-10/h4-5,8,11,16H,3,6-7,14H2,1-2H3,(H,15,17). The molecule has 1 rings (SSSR count). The molecule has 17 heavy (non-hydrogen) atoms. The van der Waals surface area contributed by atoms with E-state index in [-0.39, 0.29) is 12.0 Å². The Labute approximate surface area is 102 Å². The van der Waals surface area contributed by atoms with Gasteiger partial charge in [0.25, 0.3) is 5.91 Å². The maximum absolute atomic E-state index is 11.7. The summed E-state index contributed by atoms with van der Waals surface area (Å²) in [6.07, 6.45) is 0.941. The van der Waals surface area contributed by atoms with E-state index < -0.39 is 0 Å². The van der Waals surface area contributed by atoms with Crippen LogP contribution in [-0.2, 0) is 0 Å². The minimum absolute atomic E-state index is 0.128. The molecular weight excluding hydrogens is 216 g/mol. The van der Waals surface area contributed by atoms with Crippen LogP contribution in [-0.4, -0.2) is 23.7 Å². The van der Waals surface area contributed by atoms with Crippen molar-refractivity contribution >= 4 is 11.6 Å². The number of aliphatic hydroxyl groups excluding tert-OH is 1. The maximum atomic E-state index is 11.7. The molecule has 0 saturated heterocycles. The van der Waals surface area contributed by atoms with E-state index in [1.165, 1.54) is 0 Å². The van der Waals surface area contributed by atoms with E-state index in [4.69, 9.17) is 5.73 Å². The molecule has 0 bridgehead atoms. The van der Waals surface area contributed by atoms with Crippen molar-refractivity contribution in [3.63, 3.8) is 0 Å². The van der Waals surface area contributed by atoms with Gasteiger partial charge in [0.05, 0.1) is 6.10 Å². The molecule has 0 aliphatic rings. The van der Waals surface area contributed by atoms with Crippen LogP contribution < -0.4 is 11.1 Å². The predicted octanol–water partition coefficient (Wildman–Crippen LogP) is 1.47. The summed E-state index contributed by atoms with van der Waals surface area (Å²) in [6.45, 7) is 4.26. The number of nitrogens with two attached hydrogens (primary N) is 1. The second-order valence-electron chi connectivity index (χ2n) is 4.18. The van der Waals surface area contributed by atoms with Gasteiger partial charge in [-0.2, -0.15) is 0 Å². The molecule has 94 valence electrons. The fourth-order valence-electron chi connectivity index (χ4n) is 1.48. The molecule has 1 aromatic rings. The van der Waals surface area contributed by atoms with Gasteiger partial charge in [-0.3, -0.25) is 4.79 Å². The van der Waals surface area contributed by atoms with Gasteiger partial charge < -0.3 is 16.2 Å². The highest BCUT2D eigenvalue weighted by molar-refractivity contribution is 5.94. The minimum atomic E-state index is -0.344. The molecule has 1 amide bonds. The summed E-state index contributed by atoms with van der Waals surface area (Å²) in [5.41, 5.74) is 7.86. The van der Waals surface area contributed by atoms with Crippen LogP contribution in [0, 0.1) is 6.92 Å². The molecule has 0 aliphatic carbocycles. The van der Waals surface area contributed by atoms with Gasteiger partial charge in [-0.25, -0.2) is 0 Å². The molecule has 0 aliphatic heterocycles. The van der Waals surface area contributed by atoms with Crippen LogP contribution in [0.2, 0.25) is 0 Å². The van der Waals surface area contributed by atoms with Crippen LogP contribution in [0.25, 0.3) is 0 Å². The third-order valence-corrected chi connectivity index (χ3v) is 2.77. The van der Waals surface area contributed by atoms with Crippen molar-refractivity contribution in [3.8, 4) is 0 Å². The van der Waals surface area contributed by atoms with E-state index in [0.29, 0.717) is 30.6 Å². The van der Waals surface area contributed by atoms with Crippen molar-refractivity contribution in [2.75, 3.05) is 12.3 Å². The Morgan fingerprint density at radius 3 is 2.82 bits per heavy atom. The normalized spacial score (nSPS) is 12.2. The number of nitrogens with one attached hydrogen (secondary N) is 1. The van der Waals surface area contributed by atoms with Crippen LogP contribution in [0.5, 0.6) is 0 Å². The van der Waals surface area contributed by atoms with Gasteiger partial charge >= 0.3 is 0 Å². The van der Waals surface area contributed by atoms with Gasteiger partial charge in [-0.15, -0.1) is 0 Å². The molecule has 0 fully saturated rings. The summed E-state index contributed by atoms with van der Waals surface area (Å²) < 4.78 is 0. The summed E-state index contributed by atoms with van der Waals surface area (Å²) in [5, 5.41) is 12.1. The van der Waals surface area contributed by atoms with Crippen molar-refractivity contribution < 1.29 is 9.90 Å². The lowest BCUT2D eigenvalue weighted by atomic mass is 10.1. The molecule has 0 spiro atoms. The topological polar surface area (TPSA) is 75.3 Å². The Morgan fingerprint density at radius 1 is 1.53 bits per heavy atom. The number of aliphatic hydroxyl groups is 1. The summed E-state index contributed by atoms with van der Waals surface area (Å²) in [7, 11) is 0. The number of aryl methyl sites for hydroxylation is 1. The van der Waals surface area contributed by atoms with E-state index in [9.17, 15) is 9.90 Å². The second kappa shape index (κ2) is 6.25. The molecule has 4 heteroatoms. The monoisotopic (exact) mass is 236 g/mol. The first-order valence-electron chi connectivity index (χ1n) is 5.87. The van der Waals surface area contributed by atoms with E-state index >= 15 is 0 Å². The van der Waals surface area contributed by atoms with Gasteiger partial charge in [0.1, 0.15) is 0 Å². The van der Waals surface area contributed by atoms with Gasteiger partial charge in [0, 0.05) is 17.8 Å². The Morgan fingerprint density at radius 2 is 2.24 bits per heavy atom. The average Bonchev–Trinajstić information content (AvgIpc) is 2.32. The third kappa shape index (κ3) is 4.07. The zero-order chi connectivity index (χ0) is 12.8. The fourth-order valence-corrected chi connectivity index (χ4v) is 1.48. The first kappa shape index (κ1) is 13.5. The Kier molecular flexibility index (Phi) is 4.97. The van der Waals surface area contributed by atoms with Crippen molar-refractivity contribution in [1.29, 1.82) is 0 Å². The summed E-state index contributed by atoms with van der Waals surface area (Å²) >= 11 is 0. The summed E-state index contributed by atoms with van der Waals surface area (Å²) in [4.78, 5) is 11.7. The Bertz CT molecular complexity index is 391. The summed E-state index contributed by atoms with van der Waals surface area (Å²) in [5.74, 6) is -0.128. The number of carbonyl (C=O) groups is 1. The number of hydrogen-bond acceptors (Lipinski definition) is 3. The maximum Gasteiger partial charge on any atom is 0.251 e. The summed E-state index contributed by atoms with van der Waals surface area (Å²) in [6, 6.07) is 5.19. The number of anilines is 1. The van der Waals surface area contributed by atoms with Crippen molar-refractivity contribution in [1.82, 2.24) is 5.32 Å². The molecule has 0 heterocycles. The lowest BCUT2D eigenvalue weighted by Gasteiger charge is -2.09. The molecule has 0 saturated carbocycles. The highest BCUT2D eigenvalue weighted by Crippen LogP contribution is 2.12. The van der Waals surface area contributed by atoms with Crippen molar-refractivity contribution in [2.45, 2.75) is 32.8 Å². The Hall–Kier alpha value is -1.55. The van der Waals surface area contributed by atoms with Crippen LogP contribution in [0.1, 0.15) is 35.7 Å². The lowest BCUT2D eigenvalue weighted by Crippen LogP contribution is -2.27. The minimum Gasteiger partial charge on any atom is -0.399 e. The van der Waals surface area contributed by atoms with Crippen LogP contribution in [0.15, 0.2) is 18.2 Å². The molecule has 0 radical (unpaired) electrons. The van der Waals surface area contributed by atoms with Gasteiger partial charge in [-0.1, -0.05) is 6.92 Å². The highest BCUT2D eigenvalue weighted by atomic mass is 16.3.